The van der Waals surface area contributed by atoms with E-state index in [-0.39, 0.29) is 0 Å². The van der Waals surface area contributed by atoms with Gasteiger partial charge in [-0.25, -0.2) is 9.97 Å². The Morgan fingerprint density at radius 3 is 1.92 bits per heavy atom. The maximum absolute atomic E-state index is 6.70. The first-order valence-electron chi connectivity index (χ1n) is 16.5. The van der Waals surface area contributed by atoms with Crippen molar-refractivity contribution in [2.45, 2.75) is 0 Å². The molecule has 0 fully saturated rings. The van der Waals surface area contributed by atoms with Gasteiger partial charge in [0.2, 0.25) is 5.95 Å². The zero-order chi connectivity index (χ0) is 32.1. The minimum Gasteiger partial charge on any atom is -0.455 e. The van der Waals surface area contributed by atoms with Crippen LogP contribution in [-0.4, -0.2) is 19.1 Å². The van der Waals surface area contributed by atoms with Crippen molar-refractivity contribution >= 4 is 76.5 Å². The number of hydrogen-bond acceptors (Lipinski definition) is 3. The molecule has 4 aromatic heterocycles. The van der Waals surface area contributed by atoms with Crippen LogP contribution in [0.4, 0.5) is 0 Å². The summed E-state index contributed by atoms with van der Waals surface area (Å²) in [6, 6.07) is 55.1. The van der Waals surface area contributed by atoms with Gasteiger partial charge in [0.05, 0.1) is 38.7 Å². The molecule has 0 unspecified atom stereocenters. The van der Waals surface area contributed by atoms with E-state index in [9.17, 15) is 0 Å². The molecule has 0 bridgehead atoms. The number of nitrogens with zero attached hydrogens (tertiary/aromatic N) is 4. The molecule has 0 amide bonds. The smallest absolute Gasteiger partial charge is 0.235 e. The maximum Gasteiger partial charge on any atom is 0.235 e. The van der Waals surface area contributed by atoms with Gasteiger partial charge in [0.25, 0.3) is 0 Å². The molecular formula is C44H26N4O. The first kappa shape index (κ1) is 26.4. The molecule has 4 heterocycles. The second-order valence-corrected chi connectivity index (χ2v) is 12.6. The standard InChI is InChI=1S/C44H26N4O/c1-3-13-27(14-4-1)41-31-18-7-10-20-34(31)45-44(46-41)48-37-25-23-30-29-17-9-12-22-38(29)49-43(30)40(37)33-24-26-36-39(42(33)48)32-19-8-11-21-35(32)47(36)28-15-5-2-6-16-28/h1-26H. The fourth-order valence-electron chi connectivity index (χ4n) is 7.87. The van der Waals surface area contributed by atoms with E-state index in [4.69, 9.17) is 14.4 Å². The van der Waals surface area contributed by atoms with Crippen LogP contribution in [0.1, 0.15) is 0 Å². The van der Waals surface area contributed by atoms with E-state index in [1.807, 2.05) is 24.3 Å². The van der Waals surface area contributed by atoms with Crippen LogP contribution >= 0.6 is 0 Å². The average Bonchev–Trinajstić information content (AvgIpc) is 3.82. The van der Waals surface area contributed by atoms with Crippen LogP contribution in [0.15, 0.2) is 162 Å². The lowest BCUT2D eigenvalue weighted by Gasteiger charge is -2.12. The highest BCUT2D eigenvalue weighted by molar-refractivity contribution is 6.30. The van der Waals surface area contributed by atoms with Crippen molar-refractivity contribution < 1.29 is 4.42 Å². The molecule has 0 radical (unpaired) electrons. The number of fused-ring (bicyclic) bond motifs is 12. The van der Waals surface area contributed by atoms with Crippen LogP contribution < -0.4 is 0 Å². The molecule has 0 saturated heterocycles. The summed E-state index contributed by atoms with van der Waals surface area (Å²) in [6.45, 7) is 0. The van der Waals surface area contributed by atoms with Gasteiger partial charge >= 0.3 is 0 Å². The monoisotopic (exact) mass is 626 g/mol. The Hall–Kier alpha value is -6.72. The van der Waals surface area contributed by atoms with Crippen LogP contribution in [-0.2, 0) is 0 Å². The van der Waals surface area contributed by atoms with E-state index >= 15 is 0 Å². The Labute approximate surface area is 279 Å². The molecule has 0 aliphatic heterocycles. The molecule has 0 aliphatic rings. The summed E-state index contributed by atoms with van der Waals surface area (Å²) in [4.78, 5) is 10.7. The van der Waals surface area contributed by atoms with Crippen molar-refractivity contribution in [3.63, 3.8) is 0 Å². The Morgan fingerprint density at radius 2 is 1.08 bits per heavy atom. The van der Waals surface area contributed by atoms with E-state index in [0.29, 0.717) is 5.95 Å². The topological polar surface area (TPSA) is 48.8 Å². The summed E-state index contributed by atoms with van der Waals surface area (Å²) in [6.07, 6.45) is 0. The van der Waals surface area contributed by atoms with Gasteiger partial charge in [0.1, 0.15) is 11.2 Å². The summed E-state index contributed by atoms with van der Waals surface area (Å²) in [5, 5.41) is 7.69. The third-order valence-electron chi connectivity index (χ3n) is 9.92. The molecule has 7 aromatic carbocycles. The van der Waals surface area contributed by atoms with Gasteiger partial charge in [0.15, 0.2) is 0 Å². The molecule has 228 valence electrons. The quantitative estimate of drug-likeness (QED) is 0.196. The van der Waals surface area contributed by atoms with Gasteiger partial charge in [0, 0.05) is 43.6 Å². The number of aromatic nitrogens is 4. The Morgan fingerprint density at radius 1 is 0.429 bits per heavy atom. The third-order valence-corrected chi connectivity index (χ3v) is 9.92. The first-order chi connectivity index (χ1) is 24.3. The van der Waals surface area contributed by atoms with E-state index in [1.165, 1.54) is 5.39 Å². The summed E-state index contributed by atoms with van der Waals surface area (Å²) in [7, 11) is 0. The summed E-state index contributed by atoms with van der Waals surface area (Å²) in [5.41, 5.74) is 10.0. The summed E-state index contributed by atoms with van der Waals surface area (Å²) >= 11 is 0. The summed E-state index contributed by atoms with van der Waals surface area (Å²) < 4.78 is 11.3. The SMILES string of the molecule is c1ccc(-c2nc(-n3c4ccc5c6ccccc6oc5c4c4ccc5c(c6ccccc6n5-c5ccccc5)c43)nc3ccccc23)cc1. The van der Waals surface area contributed by atoms with E-state index in [1.54, 1.807) is 0 Å². The molecule has 49 heavy (non-hydrogen) atoms. The van der Waals surface area contributed by atoms with Crippen LogP contribution in [0.25, 0.3) is 99.3 Å². The highest BCUT2D eigenvalue weighted by atomic mass is 16.3. The van der Waals surface area contributed by atoms with Crippen molar-refractivity contribution in [3.05, 3.63) is 158 Å². The van der Waals surface area contributed by atoms with Crippen LogP contribution in [0, 0.1) is 0 Å². The zero-order valence-corrected chi connectivity index (χ0v) is 26.2. The molecule has 0 saturated carbocycles. The maximum atomic E-state index is 6.70. The lowest BCUT2D eigenvalue weighted by atomic mass is 10.1. The van der Waals surface area contributed by atoms with Crippen molar-refractivity contribution in [3.8, 4) is 22.9 Å². The van der Waals surface area contributed by atoms with Gasteiger partial charge in [-0.1, -0.05) is 103 Å². The van der Waals surface area contributed by atoms with E-state index < -0.39 is 0 Å². The lowest BCUT2D eigenvalue weighted by Crippen LogP contribution is -2.03. The Kier molecular flexibility index (Phi) is 5.32. The Balaban J connectivity index is 1.38. The molecule has 11 aromatic rings. The fraction of sp³-hybridized carbons (Fsp3) is 0. The molecule has 0 atom stereocenters. The third kappa shape index (κ3) is 3.64. The van der Waals surface area contributed by atoms with Crippen molar-refractivity contribution in [1.82, 2.24) is 19.1 Å². The number of para-hydroxylation sites is 4. The number of furan rings is 1. The lowest BCUT2D eigenvalue weighted by molar-refractivity contribution is 0.673. The molecule has 0 N–H and O–H groups in total. The number of benzene rings is 7. The van der Waals surface area contributed by atoms with Gasteiger partial charge in [-0.3, -0.25) is 4.57 Å². The van der Waals surface area contributed by atoms with Crippen molar-refractivity contribution in [2.24, 2.45) is 0 Å². The summed E-state index contributed by atoms with van der Waals surface area (Å²) in [5.74, 6) is 0.622. The fourth-order valence-corrected chi connectivity index (χ4v) is 7.87. The Bertz CT molecular complexity index is 3100. The largest absolute Gasteiger partial charge is 0.455 e. The average molecular weight is 627 g/mol. The first-order valence-corrected chi connectivity index (χ1v) is 16.5. The normalized spacial score (nSPS) is 12.1. The second kappa shape index (κ2) is 9.89. The molecule has 5 heteroatoms. The predicted octanol–water partition coefficient (Wildman–Crippen LogP) is 11.4. The van der Waals surface area contributed by atoms with E-state index in [0.717, 1.165) is 88.0 Å². The number of hydrogen-bond donors (Lipinski definition) is 0. The molecule has 0 aliphatic carbocycles. The van der Waals surface area contributed by atoms with Crippen molar-refractivity contribution in [1.29, 1.82) is 0 Å². The van der Waals surface area contributed by atoms with Crippen LogP contribution in [0.5, 0.6) is 0 Å². The van der Waals surface area contributed by atoms with Gasteiger partial charge in [-0.05, 0) is 54.6 Å². The predicted molar refractivity (Wildman–Crippen MR) is 201 cm³/mol. The van der Waals surface area contributed by atoms with Gasteiger partial charge in [-0.15, -0.1) is 0 Å². The minimum atomic E-state index is 0.622. The van der Waals surface area contributed by atoms with Crippen LogP contribution in [0.3, 0.4) is 0 Å². The molecule has 11 rings (SSSR count). The number of rotatable bonds is 3. The van der Waals surface area contributed by atoms with Crippen LogP contribution in [0.2, 0.25) is 0 Å². The highest BCUT2D eigenvalue weighted by Crippen LogP contribution is 2.45. The molecular weight excluding hydrogens is 601 g/mol. The minimum absolute atomic E-state index is 0.622. The van der Waals surface area contributed by atoms with Crippen molar-refractivity contribution in [2.75, 3.05) is 0 Å². The van der Waals surface area contributed by atoms with E-state index in [2.05, 4.69) is 143 Å². The highest BCUT2D eigenvalue weighted by Gasteiger charge is 2.25. The van der Waals surface area contributed by atoms with Gasteiger partial charge < -0.3 is 8.98 Å². The van der Waals surface area contributed by atoms with Gasteiger partial charge in [-0.2, -0.15) is 0 Å². The molecule has 0 spiro atoms. The zero-order valence-electron chi connectivity index (χ0n) is 26.2. The molecule has 5 nitrogen and oxygen atoms in total. The second-order valence-electron chi connectivity index (χ2n) is 12.6.